The normalized spacial score (nSPS) is 14.3. The number of amides is 2. The number of hydrazine groups is 1. The van der Waals surface area contributed by atoms with Crippen LogP contribution in [0.4, 0.5) is 5.69 Å². The standard InChI is InChI=1S/C20H15N3O8S2/c24-17(10-30-14-7-5-13(6-8-14)23(28)29)21-22-19(27)16(33-20(22)32)9-12-3-1-2-4-15(12)31-11-18(25)26/h1-9H,10-11H2,(H,21,24)(H,25,26)/b16-9-. The Balaban J connectivity index is 1.62. The third kappa shape index (κ3) is 6.27. The topological polar surface area (TPSA) is 148 Å². The number of carboxylic acid groups (broad SMARTS) is 1. The molecule has 0 unspecified atom stereocenters. The van der Waals surface area contributed by atoms with Gasteiger partial charge in [-0.15, -0.1) is 0 Å². The monoisotopic (exact) mass is 489 g/mol. The molecule has 33 heavy (non-hydrogen) atoms. The summed E-state index contributed by atoms with van der Waals surface area (Å²) in [6.45, 7) is -1.00. The Bertz CT molecular complexity index is 1150. The van der Waals surface area contributed by atoms with E-state index in [9.17, 15) is 24.5 Å². The highest BCUT2D eigenvalue weighted by atomic mass is 32.2. The van der Waals surface area contributed by atoms with Crippen molar-refractivity contribution in [2.24, 2.45) is 0 Å². The van der Waals surface area contributed by atoms with Crippen molar-refractivity contribution < 1.29 is 33.9 Å². The van der Waals surface area contributed by atoms with E-state index in [1.807, 2.05) is 0 Å². The minimum atomic E-state index is -1.14. The Morgan fingerprint density at radius 3 is 2.52 bits per heavy atom. The summed E-state index contributed by atoms with van der Waals surface area (Å²) in [6.07, 6.45) is 1.48. The number of non-ortho nitro benzene ring substituents is 1. The second-order valence-corrected chi connectivity index (χ2v) is 7.99. The molecule has 1 aliphatic rings. The maximum atomic E-state index is 12.7. The van der Waals surface area contributed by atoms with E-state index in [1.54, 1.807) is 24.3 Å². The van der Waals surface area contributed by atoms with Gasteiger partial charge in [0.25, 0.3) is 17.5 Å². The van der Waals surface area contributed by atoms with Gasteiger partial charge in [-0.05, 0) is 36.5 Å². The molecule has 2 N–H and O–H groups in total. The van der Waals surface area contributed by atoms with E-state index in [2.05, 4.69) is 5.43 Å². The van der Waals surface area contributed by atoms with Crippen molar-refractivity contribution in [1.29, 1.82) is 0 Å². The quantitative estimate of drug-likeness (QED) is 0.233. The van der Waals surface area contributed by atoms with E-state index in [0.29, 0.717) is 5.56 Å². The molecule has 2 aromatic rings. The van der Waals surface area contributed by atoms with Crippen molar-refractivity contribution in [3.05, 3.63) is 69.1 Å². The van der Waals surface area contributed by atoms with Crippen LogP contribution in [0.5, 0.6) is 11.5 Å². The number of nitrogens with zero attached hydrogens (tertiary/aromatic N) is 2. The van der Waals surface area contributed by atoms with Gasteiger partial charge in [0.2, 0.25) is 0 Å². The number of hydrogen-bond acceptors (Lipinski definition) is 9. The molecule has 0 atom stereocenters. The van der Waals surface area contributed by atoms with Crippen molar-refractivity contribution in [1.82, 2.24) is 10.4 Å². The van der Waals surface area contributed by atoms with Crippen LogP contribution in [0.25, 0.3) is 6.08 Å². The molecule has 2 aromatic carbocycles. The molecule has 0 bridgehead atoms. The zero-order valence-electron chi connectivity index (χ0n) is 16.6. The fourth-order valence-electron chi connectivity index (χ4n) is 2.55. The van der Waals surface area contributed by atoms with E-state index in [1.165, 1.54) is 30.3 Å². The first-order valence-corrected chi connectivity index (χ1v) is 10.4. The number of nitrogens with one attached hydrogen (secondary N) is 1. The first kappa shape index (κ1) is 23.7. The van der Waals surface area contributed by atoms with Crippen molar-refractivity contribution >= 4 is 57.8 Å². The Hall–Kier alpha value is -3.97. The SMILES string of the molecule is O=C(O)COc1ccccc1/C=C1\SC(=S)N(NC(=O)COc2ccc([N+](=O)[O-])cc2)C1=O. The van der Waals surface area contributed by atoms with Crippen molar-refractivity contribution in [3.8, 4) is 11.5 Å². The number of benzene rings is 2. The molecular weight excluding hydrogens is 474 g/mol. The fourth-order valence-corrected chi connectivity index (χ4v) is 3.72. The number of rotatable bonds is 9. The van der Waals surface area contributed by atoms with Gasteiger partial charge in [-0.3, -0.25) is 25.1 Å². The Labute approximate surface area is 196 Å². The number of carbonyl (C=O) groups is 3. The number of ether oxygens (including phenoxy) is 2. The van der Waals surface area contributed by atoms with E-state index in [-0.39, 0.29) is 26.4 Å². The summed E-state index contributed by atoms with van der Waals surface area (Å²) in [5, 5.41) is 20.4. The molecule has 3 rings (SSSR count). The number of aliphatic carboxylic acids is 1. The summed E-state index contributed by atoms with van der Waals surface area (Å²) < 4.78 is 10.6. The van der Waals surface area contributed by atoms with Crippen LogP contribution >= 0.6 is 24.0 Å². The number of thioether (sulfide) groups is 1. The van der Waals surface area contributed by atoms with Crippen LogP contribution in [0.15, 0.2) is 53.4 Å². The van der Waals surface area contributed by atoms with Crippen LogP contribution in [0, 0.1) is 10.1 Å². The summed E-state index contributed by atoms with van der Waals surface area (Å²) in [7, 11) is 0. The molecular formula is C20H15N3O8S2. The minimum Gasteiger partial charge on any atom is -0.484 e. The van der Waals surface area contributed by atoms with E-state index in [4.69, 9.17) is 26.8 Å². The van der Waals surface area contributed by atoms with Crippen LogP contribution in [0.3, 0.4) is 0 Å². The van der Waals surface area contributed by atoms with E-state index in [0.717, 1.165) is 16.8 Å². The van der Waals surface area contributed by atoms with Gasteiger partial charge in [-0.25, -0.2) is 4.79 Å². The fraction of sp³-hybridized carbons (Fsp3) is 0.100. The highest BCUT2D eigenvalue weighted by Crippen LogP contribution is 2.33. The summed E-state index contributed by atoms with van der Waals surface area (Å²) in [5.41, 5.74) is 2.69. The molecule has 170 valence electrons. The lowest BCUT2D eigenvalue weighted by atomic mass is 10.2. The third-order valence-electron chi connectivity index (χ3n) is 4.00. The Kier molecular flexibility index (Phi) is 7.58. The van der Waals surface area contributed by atoms with Gasteiger partial charge in [-0.2, -0.15) is 5.01 Å². The lowest BCUT2D eigenvalue weighted by Crippen LogP contribution is -2.46. The molecule has 13 heteroatoms. The highest BCUT2D eigenvalue weighted by molar-refractivity contribution is 8.26. The molecule has 1 aliphatic heterocycles. The maximum Gasteiger partial charge on any atom is 0.341 e. The zero-order chi connectivity index (χ0) is 24.0. The van der Waals surface area contributed by atoms with Crippen molar-refractivity contribution in [2.45, 2.75) is 0 Å². The average molecular weight is 489 g/mol. The highest BCUT2D eigenvalue weighted by Gasteiger charge is 2.33. The molecule has 0 saturated carbocycles. The maximum absolute atomic E-state index is 12.7. The summed E-state index contributed by atoms with van der Waals surface area (Å²) >= 11 is 6.11. The molecule has 0 spiro atoms. The van der Waals surface area contributed by atoms with Gasteiger partial charge in [0.05, 0.1) is 9.83 Å². The first-order valence-electron chi connectivity index (χ1n) is 9.13. The van der Waals surface area contributed by atoms with Crippen LogP contribution in [0.1, 0.15) is 5.56 Å². The molecule has 1 fully saturated rings. The molecule has 1 heterocycles. The number of nitro benzene ring substituents is 1. The van der Waals surface area contributed by atoms with Crippen molar-refractivity contribution in [2.75, 3.05) is 13.2 Å². The molecule has 11 nitrogen and oxygen atoms in total. The second kappa shape index (κ2) is 10.6. The van der Waals surface area contributed by atoms with Gasteiger partial charge in [0, 0.05) is 17.7 Å². The second-order valence-electron chi connectivity index (χ2n) is 6.31. The van der Waals surface area contributed by atoms with Crippen LogP contribution in [0.2, 0.25) is 0 Å². The largest absolute Gasteiger partial charge is 0.484 e. The number of thiocarbonyl (C=S) groups is 1. The Morgan fingerprint density at radius 1 is 1.15 bits per heavy atom. The predicted molar refractivity (Wildman–Crippen MR) is 121 cm³/mol. The number of hydrogen-bond donors (Lipinski definition) is 2. The molecule has 2 amide bonds. The van der Waals surface area contributed by atoms with Crippen molar-refractivity contribution in [3.63, 3.8) is 0 Å². The summed E-state index contributed by atoms with van der Waals surface area (Å²) in [6, 6.07) is 11.7. The van der Waals surface area contributed by atoms with Gasteiger partial charge < -0.3 is 14.6 Å². The lowest BCUT2D eigenvalue weighted by Gasteiger charge is -2.15. The summed E-state index contributed by atoms with van der Waals surface area (Å²) in [4.78, 5) is 46.0. The van der Waals surface area contributed by atoms with Gasteiger partial charge in [0.1, 0.15) is 11.5 Å². The van der Waals surface area contributed by atoms with Crippen LogP contribution < -0.4 is 14.9 Å². The Morgan fingerprint density at radius 2 is 1.85 bits per heavy atom. The van der Waals surface area contributed by atoms with Crippen LogP contribution in [-0.4, -0.2) is 50.4 Å². The average Bonchev–Trinajstić information content (AvgIpc) is 3.04. The molecule has 0 aromatic heterocycles. The van der Waals surface area contributed by atoms with E-state index < -0.39 is 35.9 Å². The first-order chi connectivity index (χ1) is 15.7. The lowest BCUT2D eigenvalue weighted by molar-refractivity contribution is -0.384. The summed E-state index contributed by atoms with van der Waals surface area (Å²) in [5.74, 6) is -1.89. The minimum absolute atomic E-state index is 0.0823. The van der Waals surface area contributed by atoms with Crippen LogP contribution in [-0.2, 0) is 14.4 Å². The number of carboxylic acids is 1. The molecule has 1 saturated heterocycles. The van der Waals surface area contributed by atoms with E-state index >= 15 is 0 Å². The third-order valence-corrected chi connectivity index (χ3v) is 5.31. The number of nitro groups is 1. The zero-order valence-corrected chi connectivity index (χ0v) is 18.3. The molecule has 0 aliphatic carbocycles. The van der Waals surface area contributed by atoms with Gasteiger partial charge in [0.15, 0.2) is 17.5 Å². The molecule has 0 radical (unpaired) electrons. The number of carbonyl (C=O) groups excluding carboxylic acids is 2. The smallest absolute Gasteiger partial charge is 0.341 e. The number of para-hydroxylation sites is 1. The van der Waals surface area contributed by atoms with Gasteiger partial charge >= 0.3 is 5.97 Å². The predicted octanol–water partition coefficient (Wildman–Crippen LogP) is 2.37. The van der Waals surface area contributed by atoms with Gasteiger partial charge in [-0.1, -0.05) is 30.0 Å².